The molecular formula is C14H12Br2N2O3. The maximum absolute atomic E-state index is 12.3. The van der Waals surface area contributed by atoms with E-state index in [1.807, 2.05) is 13.1 Å². The van der Waals surface area contributed by atoms with Crippen LogP contribution in [-0.2, 0) is 6.54 Å². The monoisotopic (exact) mass is 414 g/mol. The van der Waals surface area contributed by atoms with Gasteiger partial charge in [-0.15, -0.1) is 0 Å². The van der Waals surface area contributed by atoms with Crippen molar-refractivity contribution < 1.29 is 14.7 Å². The molecule has 2 aromatic rings. The van der Waals surface area contributed by atoms with Crippen LogP contribution in [0.2, 0.25) is 0 Å². The van der Waals surface area contributed by atoms with Crippen molar-refractivity contribution in [1.82, 2.24) is 4.57 Å². The Hall–Kier alpha value is -1.60. The molecule has 1 aromatic heterocycles. The number of aromatic carboxylic acids is 1. The van der Waals surface area contributed by atoms with Gasteiger partial charge in [-0.05, 0) is 63.0 Å². The van der Waals surface area contributed by atoms with Gasteiger partial charge in [-0.1, -0.05) is 0 Å². The van der Waals surface area contributed by atoms with Crippen molar-refractivity contribution in [2.45, 2.75) is 13.5 Å². The predicted molar refractivity (Wildman–Crippen MR) is 86.9 cm³/mol. The van der Waals surface area contributed by atoms with Crippen LogP contribution in [0.5, 0.6) is 0 Å². The number of anilines is 1. The number of benzene rings is 1. The van der Waals surface area contributed by atoms with Gasteiger partial charge < -0.3 is 15.0 Å². The largest absolute Gasteiger partial charge is 0.478 e. The Labute approximate surface area is 138 Å². The molecule has 0 aliphatic carbocycles. The van der Waals surface area contributed by atoms with Gasteiger partial charge in [0, 0.05) is 21.7 Å². The number of rotatable bonds is 4. The number of carboxylic acids is 1. The highest BCUT2D eigenvalue weighted by molar-refractivity contribution is 9.10. The Morgan fingerprint density at radius 2 is 2.00 bits per heavy atom. The fraction of sp³-hybridized carbons (Fsp3) is 0.143. The van der Waals surface area contributed by atoms with Crippen LogP contribution >= 0.6 is 31.9 Å². The topological polar surface area (TPSA) is 71.3 Å². The van der Waals surface area contributed by atoms with E-state index in [0.717, 1.165) is 4.47 Å². The minimum atomic E-state index is -1.04. The third kappa shape index (κ3) is 3.54. The van der Waals surface area contributed by atoms with Crippen molar-refractivity contribution in [2.24, 2.45) is 0 Å². The van der Waals surface area contributed by atoms with E-state index in [4.69, 9.17) is 5.11 Å². The van der Waals surface area contributed by atoms with E-state index >= 15 is 0 Å². The van der Waals surface area contributed by atoms with Crippen LogP contribution in [0.1, 0.15) is 27.8 Å². The minimum absolute atomic E-state index is 0.112. The molecule has 0 spiro atoms. The highest BCUT2D eigenvalue weighted by Gasteiger charge is 2.15. The molecule has 110 valence electrons. The van der Waals surface area contributed by atoms with E-state index in [2.05, 4.69) is 37.2 Å². The molecule has 0 atom stereocenters. The van der Waals surface area contributed by atoms with Gasteiger partial charge in [0.25, 0.3) is 5.91 Å². The molecule has 0 unspecified atom stereocenters. The van der Waals surface area contributed by atoms with Crippen LogP contribution in [-0.4, -0.2) is 21.6 Å². The lowest BCUT2D eigenvalue weighted by Crippen LogP contribution is -2.17. The maximum atomic E-state index is 12.3. The summed E-state index contributed by atoms with van der Waals surface area (Å²) in [6.45, 7) is 2.59. The zero-order valence-electron chi connectivity index (χ0n) is 11.1. The summed E-state index contributed by atoms with van der Waals surface area (Å²) in [6.07, 6.45) is 1.82. The zero-order chi connectivity index (χ0) is 15.6. The number of aromatic nitrogens is 1. The molecule has 0 radical (unpaired) electrons. The first-order valence-electron chi connectivity index (χ1n) is 6.12. The second-order valence-electron chi connectivity index (χ2n) is 4.28. The number of halogens is 2. The number of amides is 1. The molecule has 0 saturated heterocycles. The van der Waals surface area contributed by atoms with Gasteiger partial charge in [0.05, 0.1) is 11.3 Å². The number of nitrogens with zero attached hydrogens (tertiary/aromatic N) is 1. The van der Waals surface area contributed by atoms with Crippen molar-refractivity contribution in [3.05, 3.63) is 50.7 Å². The summed E-state index contributed by atoms with van der Waals surface area (Å²) in [5.41, 5.74) is 1.03. The van der Waals surface area contributed by atoms with Gasteiger partial charge in [0.2, 0.25) is 0 Å². The maximum Gasteiger partial charge on any atom is 0.335 e. The van der Waals surface area contributed by atoms with Crippen LogP contribution < -0.4 is 5.32 Å². The molecular weight excluding hydrogens is 404 g/mol. The number of carboxylic acid groups (broad SMARTS) is 1. The summed E-state index contributed by atoms with van der Waals surface area (Å²) in [4.78, 5) is 23.3. The average molecular weight is 416 g/mol. The molecule has 0 aliphatic rings. The Morgan fingerprint density at radius 1 is 1.29 bits per heavy atom. The van der Waals surface area contributed by atoms with E-state index in [0.29, 0.717) is 22.4 Å². The predicted octanol–water partition coefficient (Wildman–Crippen LogP) is 3.98. The standard InChI is InChI=1S/C14H12Br2N2O3/c1-2-18-7-9(15)6-12(18)13(19)17-11-5-8(14(20)21)3-4-10(11)16/h3-7H,2H2,1H3,(H,17,19)(H,20,21). The van der Waals surface area contributed by atoms with E-state index in [1.165, 1.54) is 12.1 Å². The van der Waals surface area contributed by atoms with Crippen LogP contribution in [0.4, 0.5) is 5.69 Å². The lowest BCUT2D eigenvalue weighted by molar-refractivity contribution is 0.0696. The molecule has 0 fully saturated rings. The Morgan fingerprint density at radius 3 is 2.62 bits per heavy atom. The van der Waals surface area contributed by atoms with Crippen LogP contribution in [0.3, 0.4) is 0 Å². The molecule has 2 rings (SSSR count). The minimum Gasteiger partial charge on any atom is -0.478 e. The van der Waals surface area contributed by atoms with Crippen molar-refractivity contribution in [1.29, 1.82) is 0 Å². The van der Waals surface area contributed by atoms with Gasteiger partial charge in [0.15, 0.2) is 0 Å². The highest BCUT2D eigenvalue weighted by Crippen LogP contribution is 2.25. The normalized spacial score (nSPS) is 10.4. The van der Waals surface area contributed by atoms with Gasteiger partial charge >= 0.3 is 5.97 Å². The third-order valence-electron chi connectivity index (χ3n) is 2.90. The Kier molecular flexibility index (Phi) is 4.84. The number of hydrogen-bond acceptors (Lipinski definition) is 2. The second-order valence-corrected chi connectivity index (χ2v) is 6.05. The first-order chi connectivity index (χ1) is 9.92. The van der Waals surface area contributed by atoms with Crippen molar-refractivity contribution >= 4 is 49.4 Å². The lowest BCUT2D eigenvalue weighted by Gasteiger charge is -2.10. The molecule has 0 bridgehead atoms. The number of nitrogens with one attached hydrogen (secondary N) is 1. The Balaban J connectivity index is 2.31. The van der Waals surface area contributed by atoms with Gasteiger partial charge in [-0.3, -0.25) is 4.79 Å². The summed E-state index contributed by atoms with van der Waals surface area (Å²) in [5.74, 6) is -1.34. The van der Waals surface area contributed by atoms with Gasteiger partial charge in [-0.2, -0.15) is 0 Å². The smallest absolute Gasteiger partial charge is 0.335 e. The third-order valence-corrected chi connectivity index (χ3v) is 4.02. The van der Waals surface area contributed by atoms with E-state index in [9.17, 15) is 9.59 Å². The molecule has 1 aromatic carbocycles. The lowest BCUT2D eigenvalue weighted by atomic mass is 10.2. The summed E-state index contributed by atoms with van der Waals surface area (Å²) >= 11 is 6.63. The fourth-order valence-electron chi connectivity index (χ4n) is 1.87. The fourth-order valence-corrected chi connectivity index (χ4v) is 2.68. The quantitative estimate of drug-likeness (QED) is 0.793. The first-order valence-corrected chi connectivity index (χ1v) is 7.71. The average Bonchev–Trinajstić information content (AvgIpc) is 2.82. The summed E-state index contributed by atoms with van der Waals surface area (Å²) in [6, 6.07) is 6.19. The van der Waals surface area contributed by atoms with Gasteiger partial charge in [0.1, 0.15) is 5.69 Å². The van der Waals surface area contributed by atoms with Gasteiger partial charge in [-0.25, -0.2) is 4.79 Å². The summed E-state index contributed by atoms with van der Waals surface area (Å²) < 4.78 is 3.23. The first kappa shape index (κ1) is 15.8. The summed E-state index contributed by atoms with van der Waals surface area (Å²) in [7, 11) is 0. The molecule has 0 aliphatic heterocycles. The van der Waals surface area contributed by atoms with Crippen molar-refractivity contribution in [3.63, 3.8) is 0 Å². The zero-order valence-corrected chi connectivity index (χ0v) is 14.2. The van der Waals surface area contributed by atoms with Crippen LogP contribution in [0, 0.1) is 0 Å². The molecule has 2 N–H and O–H groups in total. The molecule has 1 heterocycles. The molecule has 0 saturated carbocycles. The number of carbonyl (C=O) groups excluding carboxylic acids is 1. The molecule has 21 heavy (non-hydrogen) atoms. The SMILES string of the molecule is CCn1cc(Br)cc1C(=O)Nc1cc(C(=O)O)ccc1Br. The second kappa shape index (κ2) is 6.44. The number of carbonyl (C=O) groups is 2. The van der Waals surface area contributed by atoms with Crippen LogP contribution in [0.25, 0.3) is 0 Å². The molecule has 5 nitrogen and oxygen atoms in total. The van der Waals surface area contributed by atoms with E-state index < -0.39 is 5.97 Å². The summed E-state index contributed by atoms with van der Waals surface area (Å²) in [5, 5.41) is 11.7. The number of hydrogen-bond donors (Lipinski definition) is 2. The molecule has 7 heteroatoms. The number of aryl methyl sites for hydroxylation is 1. The van der Waals surface area contributed by atoms with Crippen LogP contribution in [0.15, 0.2) is 39.4 Å². The van der Waals surface area contributed by atoms with Crippen molar-refractivity contribution in [2.75, 3.05) is 5.32 Å². The van der Waals surface area contributed by atoms with Crippen molar-refractivity contribution in [3.8, 4) is 0 Å². The Bertz CT molecular complexity index is 710. The van der Waals surface area contributed by atoms with E-state index in [1.54, 1.807) is 16.7 Å². The van der Waals surface area contributed by atoms with E-state index in [-0.39, 0.29) is 11.5 Å². The molecule has 1 amide bonds. The highest BCUT2D eigenvalue weighted by atomic mass is 79.9.